The molecule has 0 aliphatic heterocycles. The van der Waals surface area contributed by atoms with Crippen molar-refractivity contribution in [1.29, 1.82) is 0 Å². The van der Waals surface area contributed by atoms with Crippen molar-refractivity contribution in [3.8, 4) is 0 Å². The molecule has 1 amide bonds. The molecule has 110 valence electrons. The van der Waals surface area contributed by atoms with Gasteiger partial charge in [0.05, 0.1) is 5.92 Å². The van der Waals surface area contributed by atoms with E-state index in [1.54, 1.807) is 0 Å². The predicted molar refractivity (Wildman–Crippen MR) is 87.5 cm³/mol. The topological polar surface area (TPSA) is 87.7 Å². The summed E-state index contributed by atoms with van der Waals surface area (Å²) in [7, 11) is 0. The van der Waals surface area contributed by atoms with Crippen LogP contribution in [-0.4, -0.2) is 17.0 Å². The zero-order valence-electron chi connectivity index (χ0n) is 11.5. The molecule has 5 nitrogen and oxygen atoms in total. The molecule has 0 aliphatic carbocycles. The monoisotopic (exact) mass is 349 g/mol. The Bertz CT molecular complexity index is 700. The van der Waals surface area contributed by atoms with E-state index in [0.717, 1.165) is 15.2 Å². The Morgan fingerprint density at radius 2 is 2.00 bits per heavy atom. The Hall–Kier alpha value is -2.08. The molecule has 0 aromatic heterocycles. The first-order valence-corrected chi connectivity index (χ1v) is 7.33. The summed E-state index contributed by atoms with van der Waals surface area (Å²) >= 11 is 3.49. The molecule has 4 N–H and O–H groups in total. The van der Waals surface area contributed by atoms with Crippen molar-refractivity contribution in [2.24, 2.45) is 16.8 Å². The molecule has 1 unspecified atom stereocenters. The lowest BCUT2D eigenvalue weighted by molar-refractivity contribution is -0.118. The Morgan fingerprint density at radius 1 is 1.33 bits per heavy atom. The highest BCUT2D eigenvalue weighted by atomic mass is 79.9. The zero-order chi connectivity index (χ0) is 15.4. The number of nitrogens with zero attached hydrogens (tertiary/aromatic N) is 1. The lowest BCUT2D eigenvalue weighted by atomic mass is 10.0. The lowest BCUT2D eigenvalue weighted by Gasteiger charge is -2.15. The second-order valence-electron chi connectivity index (χ2n) is 4.62. The molecule has 6 heteroatoms. The van der Waals surface area contributed by atoms with Gasteiger partial charge in [-0.1, -0.05) is 52.3 Å². The maximum atomic E-state index is 12.3. The molecule has 0 bridgehead atoms. The van der Waals surface area contributed by atoms with Gasteiger partial charge in [0.25, 0.3) is 0 Å². The van der Waals surface area contributed by atoms with Gasteiger partial charge in [0.15, 0.2) is 5.84 Å². The normalized spacial score (nSPS) is 13.1. The fraction of sp³-hybridized carbons (Fsp3) is 0.200. The van der Waals surface area contributed by atoms with Crippen molar-refractivity contribution in [2.45, 2.75) is 13.3 Å². The highest BCUT2D eigenvalue weighted by Gasteiger charge is 2.21. The third-order valence-corrected chi connectivity index (χ3v) is 4.02. The number of hydrogen-bond donors (Lipinski definition) is 3. The second kappa shape index (κ2) is 6.58. The van der Waals surface area contributed by atoms with Gasteiger partial charge in [0.2, 0.25) is 5.91 Å². The lowest BCUT2D eigenvalue weighted by Crippen LogP contribution is -2.34. The molecular formula is C15H16BrN3O2. The molecule has 0 spiro atoms. The van der Waals surface area contributed by atoms with Crippen LogP contribution in [0.5, 0.6) is 0 Å². The van der Waals surface area contributed by atoms with Gasteiger partial charge in [-0.3, -0.25) is 4.79 Å². The van der Waals surface area contributed by atoms with Crippen LogP contribution in [0.15, 0.2) is 46.0 Å². The number of anilines is 1. The number of hydrogen-bond acceptors (Lipinski definition) is 3. The number of halogens is 1. The number of rotatable bonds is 4. The molecule has 0 saturated heterocycles. The van der Waals surface area contributed by atoms with Gasteiger partial charge in [0, 0.05) is 15.5 Å². The molecule has 0 fully saturated rings. The smallest absolute Gasteiger partial charge is 0.235 e. The number of carbonyl (C=O) groups is 1. The fourth-order valence-electron chi connectivity index (χ4n) is 2.19. The number of benzene rings is 2. The minimum absolute atomic E-state index is 0.0867. The summed E-state index contributed by atoms with van der Waals surface area (Å²) in [5, 5.41) is 16.4. The van der Waals surface area contributed by atoms with Crippen molar-refractivity contribution in [3.05, 3.63) is 40.9 Å². The van der Waals surface area contributed by atoms with Crippen LogP contribution >= 0.6 is 15.9 Å². The highest BCUT2D eigenvalue weighted by molar-refractivity contribution is 9.10. The number of nitrogens with two attached hydrogens (primary N) is 1. The summed E-state index contributed by atoms with van der Waals surface area (Å²) in [5.41, 5.74) is 6.25. The van der Waals surface area contributed by atoms with Gasteiger partial charge < -0.3 is 16.3 Å². The number of carbonyl (C=O) groups excluding carboxylic acids is 1. The van der Waals surface area contributed by atoms with Crippen LogP contribution in [-0.2, 0) is 4.79 Å². The largest absolute Gasteiger partial charge is 0.409 e. The Balaban J connectivity index is 2.36. The Morgan fingerprint density at radius 3 is 2.62 bits per heavy atom. The molecule has 0 radical (unpaired) electrons. The van der Waals surface area contributed by atoms with Crippen LogP contribution in [0.3, 0.4) is 0 Å². The van der Waals surface area contributed by atoms with Crippen molar-refractivity contribution in [2.75, 3.05) is 5.32 Å². The van der Waals surface area contributed by atoms with Gasteiger partial charge in [0.1, 0.15) is 0 Å². The number of amidine groups is 1. The molecule has 0 aliphatic rings. The van der Waals surface area contributed by atoms with Crippen LogP contribution in [0, 0.1) is 5.92 Å². The standard InChI is InChI=1S/C15H16BrN3O2/c1-2-9(14(17)19-21)15(20)18-13-8-7-12(16)10-5-3-4-6-11(10)13/h3-9,21H,2H2,1H3,(H2,17,19)(H,18,20). The first-order valence-electron chi connectivity index (χ1n) is 6.54. The van der Waals surface area contributed by atoms with Crippen LogP contribution < -0.4 is 11.1 Å². The third-order valence-electron chi connectivity index (χ3n) is 3.33. The summed E-state index contributed by atoms with van der Waals surface area (Å²) in [6.45, 7) is 1.81. The average Bonchev–Trinajstić information content (AvgIpc) is 2.51. The van der Waals surface area contributed by atoms with Crippen molar-refractivity contribution < 1.29 is 10.0 Å². The second-order valence-corrected chi connectivity index (χ2v) is 5.47. The Labute approximate surface area is 131 Å². The number of nitrogens with one attached hydrogen (secondary N) is 1. The van der Waals surface area contributed by atoms with E-state index < -0.39 is 5.92 Å². The summed E-state index contributed by atoms with van der Waals surface area (Å²) in [6.07, 6.45) is 0.455. The van der Waals surface area contributed by atoms with E-state index in [4.69, 9.17) is 10.9 Å². The SMILES string of the molecule is CCC(C(=O)Nc1ccc(Br)c2ccccc12)/C(N)=N/O. The van der Waals surface area contributed by atoms with E-state index in [1.807, 2.05) is 43.3 Å². The van der Waals surface area contributed by atoms with E-state index in [2.05, 4.69) is 26.4 Å². The molecule has 2 rings (SSSR count). The Kier molecular flexibility index (Phi) is 4.80. The van der Waals surface area contributed by atoms with E-state index in [1.165, 1.54) is 0 Å². The van der Waals surface area contributed by atoms with E-state index in [-0.39, 0.29) is 11.7 Å². The number of amides is 1. The van der Waals surface area contributed by atoms with E-state index >= 15 is 0 Å². The third kappa shape index (κ3) is 3.16. The maximum Gasteiger partial charge on any atom is 0.235 e. The molecule has 21 heavy (non-hydrogen) atoms. The van der Waals surface area contributed by atoms with Crippen molar-refractivity contribution >= 4 is 44.1 Å². The molecule has 2 aromatic carbocycles. The van der Waals surface area contributed by atoms with Crippen LogP contribution in [0.25, 0.3) is 10.8 Å². The first-order chi connectivity index (χ1) is 10.1. The van der Waals surface area contributed by atoms with Gasteiger partial charge in [-0.25, -0.2) is 0 Å². The van der Waals surface area contributed by atoms with Crippen molar-refractivity contribution in [3.63, 3.8) is 0 Å². The van der Waals surface area contributed by atoms with Gasteiger partial charge in [-0.15, -0.1) is 0 Å². The minimum Gasteiger partial charge on any atom is -0.409 e. The van der Waals surface area contributed by atoms with Crippen LogP contribution in [0.1, 0.15) is 13.3 Å². The van der Waals surface area contributed by atoms with Crippen LogP contribution in [0.2, 0.25) is 0 Å². The number of fused-ring (bicyclic) bond motifs is 1. The molecule has 0 heterocycles. The molecule has 1 atom stereocenters. The van der Waals surface area contributed by atoms with Gasteiger partial charge in [-0.2, -0.15) is 0 Å². The summed E-state index contributed by atoms with van der Waals surface area (Å²) in [4.78, 5) is 12.3. The van der Waals surface area contributed by atoms with Gasteiger partial charge >= 0.3 is 0 Å². The van der Waals surface area contributed by atoms with E-state index in [9.17, 15) is 4.79 Å². The minimum atomic E-state index is -0.655. The van der Waals surface area contributed by atoms with E-state index in [0.29, 0.717) is 12.1 Å². The maximum absolute atomic E-state index is 12.3. The average molecular weight is 350 g/mol. The molecular weight excluding hydrogens is 334 g/mol. The quantitative estimate of drug-likeness (QED) is 0.342. The highest BCUT2D eigenvalue weighted by Crippen LogP contribution is 2.30. The van der Waals surface area contributed by atoms with Crippen molar-refractivity contribution in [1.82, 2.24) is 0 Å². The van der Waals surface area contributed by atoms with Gasteiger partial charge in [-0.05, 0) is 23.9 Å². The molecule has 2 aromatic rings. The predicted octanol–water partition coefficient (Wildman–Crippen LogP) is 3.31. The summed E-state index contributed by atoms with van der Waals surface area (Å²) in [5.74, 6) is -1.03. The summed E-state index contributed by atoms with van der Waals surface area (Å²) in [6, 6.07) is 11.4. The first kappa shape index (κ1) is 15.3. The zero-order valence-corrected chi connectivity index (χ0v) is 13.1. The molecule has 0 saturated carbocycles. The summed E-state index contributed by atoms with van der Waals surface area (Å²) < 4.78 is 0.958. The number of oxime groups is 1. The fourth-order valence-corrected chi connectivity index (χ4v) is 2.67. The van der Waals surface area contributed by atoms with Crippen LogP contribution in [0.4, 0.5) is 5.69 Å².